The summed E-state index contributed by atoms with van der Waals surface area (Å²) in [6, 6.07) is 5.17. The SMILES string of the molecule is CC1COCCN1c1ncnc2cc(C(=O)O)ccc12. The van der Waals surface area contributed by atoms with E-state index >= 15 is 0 Å². The van der Waals surface area contributed by atoms with Crippen LogP contribution in [0.3, 0.4) is 0 Å². The third-order valence-electron chi connectivity index (χ3n) is 3.50. The van der Waals surface area contributed by atoms with Gasteiger partial charge in [0.25, 0.3) is 0 Å². The zero-order chi connectivity index (χ0) is 14.1. The Labute approximate surface area is 116 Å². The molecule has 1 aliphatic heterocycles. The van der Waals surface area contributed by atoms with Gasteiger partial charge in [-0.3, -0.25) is 0 Å². The van der Waals surface area contributed by atoms with Crippen molar-refractivity contribution in [3.63, 3.8) is 0 Å². The van der Waals surface area contributed by atoms with E-state index in [1.54, 1.807) is 18.2 Å². The summed E-state index contributed by atoms with van der Waals surface area (Å²) in [6.45, 7) is 4.19. The molecule has 1 aromatic heterocycles. The van der Waals surface area contributed by atoms with Crippen LogP contribution in [0.5, 0.6) is 0 Å². The fourth-order valence-corrected chi connectivity index (χ4v) is 2.45. The number of benzene rings is 1. The van der Waals surface area contributed by atoms with Crippen molar-refractivity contribution >= 4 is 22.7 Å². The van der Waals surface area contributed by atoms with Crippen LogP contribution in [0.1, 0.15) is 17.3 Å². The molecule has 1 saturated heterocycles. The summed E-state index contributed by atoms with van der Waals surface area (Å²) in [4.78, 5) is 21.7. The predicted molar refractivity (Wildman–Crippen MR) is 74.1 cm³/mol. The first-order valence-electron chi connectivity index (χ1n) is 6.49. The van der Waals surface area contributed by atoms with Crippen molar-refractivity contribution in [2.45, 2.75) is 13.0 Å². The number of hydrogen-bond donors (Lipinski definition) is 1. The number of aromatic carboxylic acids is 1. The molecule has 1 atom stereocenters. The molecule has 1 unspecified atom stereocenters. The summed E-state index contributed by atoms with van der Waals surface area (Å²) in [5.41, 5.74) is 0.880. The fraction of sp³-hybridized carbons (Fsp3) is 0.357. The number of carboxylic acid groups (broad SMARTS) is 1. The lowest BCUT2D eigenvalue weighted by atomic mass is 10.1. The highest BCUT2D eigenvalue weighted by Crippen LogP contribution is 2.26. The summed E-state index contributed by atoms with van der Waals surface area (Å²) in [7, 11) is 0. The van der Waals surface area contributed by atoms with Crippen LogP contribution in [0.25, 0.3) is 10.9 Å². The quantitative estimate of drug-likeness (QED) is 0.894. The average molecular weight is 273 g/mol. The first-order chi connectivity index (χ1) is 9.66. The van der Waals surface area contributed by atoms with Crippen LogP contribution in [0.2, 0.25) is 0 Å². The van der Waals surface area contributed by atoms with Crippen molar-refractivity contribution in [3.05, 3.63) is 30.1 Å². The number of anilines is 1. The lowest BCUT2D eigenvalue weighted by Gasteiger charge is -2.34. The molecule has 0 spiro atoms. The van der Waals surface area contributed by atoms with E-state index in [0.717, 1.165) is 17.7 Å². The van der Waals surface area contributed by atoms with E-state index < -0.39 is 5.97 Å². The van der Waals surface area contributed by atoms with Crippen LogP contribution in [0.4, 0.5) is 5.82 Å². The molecular formula is C14H15N3O3. The van der Waals surface area contributed by atoms with Crippen molar-refractivity contribution in [2.24, 2.45) is 0 Å². The normalized spacial score (nSPS) is 19.2. The highest BCUT2D eigenvalue weighted by molar-refractivity contribution is 5.96. The highest BCUT2D eigenvalue weighted by Gasteiger charge is 2.22. The number of ether oxygens (including phenoxy) is 1. The van der Waals surface area contributed by atoms with Crippen molar-refractivity contribution in [2.75, 3.05) is 24.7 Å². The molecule has 1 N–H and O–H groups in total. The fourth-order valence-electron chi connectivity index (χ4n) is 2.45. The van der Waals surface area contributed by atoms with Gasteiger partial charge in [-0.1, -0.05) is 0 Å². The minimum atomic E-state index is -0.952. The number of carboxylic acids is 1. The van der Waals surface area contributed by atoms with Crippen LogP contribution in [0.15, 0.2) is 24.5 Å². The molecule has 1 aliphatic rings. The molecule has 104 valence electrons. The van der Waals surface area contributed by atoms with Gasteiger partial charge in [0.05, 0.1) is 30.3 Å². The maximum absolute atomic E-state index is 11.0. The Morgan fingerprint density at radius 1 is 1.45 bits per heavy atom. The van der Waals surface area contributed by atoms with E-state index in [4.69, 9.17) is 9.84 Å². The number of nitrogens with zero attached hydrogens (tertiary/aromatic N) is 3. The van der Waals surface area contributed by atoms with Crippen LogP contribution >= 0.6 is 0 Å². The number of fused-ring (bicyclic) bond motifs is 1. The van der Waals surface area contributed by atoms with E-state index in [2.05, 4.69) is 21.8 Å². The van der Waals surface area contributed by atoms with Gasteiger partial charge >= 0.3 is 5.97 Å². The number of carbonyl (C=O) groups is 1. The number of aromatic nitrogens is 2. The monoisotopic (exact) mass is 273 g/mol. The van der Waals surface area contributed by atoms with Crippen molar-refractivity contribution in [1.29, 1.82) is 0 Å². The molecule has 1 aromatic carbocycles. The summed E-state index contributed by atoms with van der Waals surface area (Å²) in [5.74, 6) is -0.116. The standard InChI is InChI=1S/C14H15N3O3/c1-9-7-20-5-4-17(9)13-11-3-2-10(14(18)19)6-12(11)15-8-16-13/h2-3,6,8-9H,4-5,7H2,1H3,(H,18,19). The second kappa shape index (κ2) is 5.05. The predicted octanol–water partition coefficient (Wildman–Crippen LogP) is 1.55. The number of hydrogen-bond acceptors (Lipinski definition) is 5. The third kappa shape index (κ3) is 2.18. The van der Waals surface area contributed by atoms with Crippen LogP contribution in [-0.2, 0) is 4.74 Å². The molecule has 0 saturated carbocycles. The van der Waals surface area contributed by atoms with E-state index in [0.29, 0.717) is 18.7 Å². The molecule has 0 aliphatic carbocycles. The van der Waals surface area contributed by atoms with E-state index in [-0.39, 0.29) is 11.6 Å². The molecular weight excluding hydrogens is 258 g/mol. The minimum absolute atomic E-state index is 0.233. The Morgan fingerprint density at radius 2 is 2.30 bits per heavy atom. The molecule has 2 aromatic rings. The van der Waals surface area contributed by atoms with E-state index in [1.165, 1.54) is 6.33 Å². The summed E-state index contributed by atoms with van der Waals surface area (Å²) in [5, 5.41) is 9.90. The van der Waals surface area contributed by atoms with Gasteiger partial charge in [-0.05, 0) is 25.1 Å². The van der Waals surface area contributed by atoms with E-state index in [9.17, 15) is 4.79 Å². The van der Waals surface area contributed by atoms with Gasteiger partial charge < -0.3 is 14.7 Å². The second-order valence-corrected chi connectivity index (χ2v) is 4.85. The number of morpholine rings is 1. The first kappa shape index (κ1) is 12.8. The lowest BCUT2D eigenvalue weighted by molar-refractivity contribution is 0.0697. The lowest BCUT2D eigenvalue weighted by Crippen LogP contribution is -2.44. The maximum atomic E-state index is 11.0. The third-order valence-corrected chi connectivity index (χ3v) is 3.50. The topological polar surface area (TPSA) is 75.5 Å². The molecule has 2 heterocycles. The molecule has 6 nitrogen and oxygen atoms in total. The molecule has 20 heavy (non-hydrogen) atoms. The molecule has 0 bridgehead atoms. The van der Waals surface area contributed by atoms with Gasteiger partial charge in [0.2, 0.25) is 0 Å². The van der Waals surface area contributed by atoms with Gasteiger partial charge in [0.15, 0.2) is 0 Å². The Kier molecular flexibility index (Phi) is 3.23. The number of rotatable bonds is 2. The largest absolute Gasteiger partial charge is 0.478 e. The van der Waals surface area contributed by atoms with Crippen molar-refractivity contribution in [1.82, 2.24) is 9.97 Å². The molecule has 1 fully saturated rings. The molecule has 6 heteroatoms. The Balaban J connectivity index is 2.09. The first-order valence-corrected chi connectivity index (χ1v) is 6.49. The van der Waals surface area contributed by atoms with Crippen molar-refractivity contribution in [3.8, 4) is 0 Å². The maximum Gasteiger partial charge on any atom is 0.335 e. The van der Waals surface area contributed by atoms with Gasteiger partial charge in [-0.25, -0.2) is 14.8 Å². The Hall–Kier alpha value is -2.21. The smallest absolute Gasteiger partial charge is 0.335 e. The molecule has 0 amide bonds. The van der Waals surface area contributed by atoms with Crippen LogP contribution in [-0.4, -0.2) is 46.8 Å². The Morgan fingerprint density at radius 3 is 3.05 bits per heavy atom. The minimum Gasteiger partial charge on any atom is -0.478 e. The van der Waals surface area contributed by atoms with Gasteiger partial charge in [-0.2, -0.15) is 0 Å². The average Bonchev–Trinajstić information content (AvgIpc) is 2.46. The van der Waals surface area contributed by atoms with Gasteiger partial charge in [-0.15, -0.1) is 0 Å². The summed E-state index contributed by atoms with van der Waals surface area (Å²) in [6.07, 6.45) is 1.48. The Bertz CT molecular complexity index is 659. The van der Waals surface area contributed by atoms with Gasteiger partial charge in [0.1, 0.15) is 12.1 Å². The molecule has 3 rings (SSSR count). The molecule has 0 radical (unpaired) electrons. The summed E-state index contributed by atoms with van der Waals surface area (Å²) >= 11 is 0. The van der Waals surface area contributed by atoms with Crippen LogP contribution < -0.4 is 4.90 Å². The zero-order valence-electron chi connectivity index (χ0n) is 11.1. The zero-order valence-corrected chi connectivity index (χ0v) is 11.1. The van der Waals surface area contributed by atoms with Crippen molar-refractivity contribution < 1.29 is 14.6 Å². The van der Waals surface area contributed by atoms with Gasteiger partial charge in [0, 0.05) is 11.9 Å². The highest BCUT2D eigenvalue weighted by atomic mass is 16.5. The van der Waals surface area contributed by atoms with Crippen LogP contribution in [0, 0.1) is 0 Å². The summed E-state index contributed by atoms with van der Waals surface area (Å²) < 4.78 is 5.43. The van der Waals surface area contributed by atoms with E-state index in [1.807, 2.05) is 0 Å². The second-order valence-electron chi connectivity index (χ2n) is 4.85.